The van der Waals surface area contributed by atoms with Crippen LogP contribution in [0.3, 0.4) is 0 Å². The maximum absolute atomic E-state index is 13.7. The molecule has 0 amide bonds. The minimum atomic E-state index is -0.917. The number of thioether (sulfide) groups is 1. The number of carbonyl (C=O) groups is 3. The van der Waals surface area contributed by atoms with Crippen LogP contribution in [0.2, 0.25) is 0 Å². The standard InChI is InChI=1S/C26H33NO6S/c1-6-32-18-10-8-9-17(14-18)22-21(26(30)33-11-12-34-7-2)16(4)27-19-13-15(3)20(25(29)31-5)24(28)23(19)22/h8-10,14-15,20,22,27H,6-7,11-13H2,1-5H3/t15-,20+,22-/m1/s1. The summed E-state index contributed by atoms with van der Waals surface area (Å²) in [7, 11) is 1.29. The molecule has 0 bridgehead atoms. The molecule has 1 aromatic carbocycles. The topological polar surface area (TPSA) is 90.9 Å². The first kappa shape index (κ1) is 25.9. The summed E-state index contributed by atoms with van der Waals surface area (Å²) in [5.41, 5.74) is 2.92. The molecule has 7 nitrogen and oxygen atoms in total. The van der Waals surface area contributed by atoms with Crippen LogP contribution < -0.4 is 10.1 Å². The van der Waals surface area contributed by atoms with Crippen molar-refractivity contribution in [3.63, 3.8) is 0 Å². The number of nitrogens with one attached hydrogen (secondary N) is 1. The number of allylic oxidation sites excluding steroid dienone is 3. The van der Waals surface area contributed by atoms with Gasteiger partial charge in [-0.3, -0.25) is 9.59 Å². The van der Waals surface area contributed by atoms with E-state index in [2.05, 4.69) is 5.32 Å². The first-order valence-corrected chi connectivity index (χ1v) is 12.8. The van der Waals surface area contributed by atoms with Crippen LogP contribution in [0.15, 0.2) is 46.8 Å². The summed E-state index contributed by atoms with van der Waals surface area (Å²) in [6.45, 7) is 8.40. The molecule has 0 aromatic heterocycles. The predicted molar refractivity (Wildman–Crippen MR) is 131 cm³/mol. The summed E-state index contributed by atoms with van der Waals surface area (Å²) in [6, 6.07) is 7.39. The Balaban J connectivity index is 2.09. The number of esters is 2. The molecule has 1 aliphatic carbocycles. The van der Waals surface area contributed by atoms with Gasteiger partial charge in [-0.1, -0.05) is 26.0 Å². The van der Waals surface area contributed by atoms with Gasteiger partial charge in [-0.25, -0.2) is 4.79 Å². The van der Waals surface area contributed by atoms with E-state index in [9.17, 15) is 14.4 Å². The molecule has 2 aliphatic rings. The highest BCUT2D eigenvalue weighted by atomic mass is 32.2. The number of benzene rings is 1. The quantitative estimate of drug-likeness (QED) is 0.318. The number of Topliss-reactive ketones (excluding diaryl/α,β-unsaturated/α-hetero) is 1. The molecular weight excluding hydrogens is 454 g/mol. The summed E-state index contributed by atoms with van der Waals surface area (Å²) in [6.07, 6.45) is 0.495. The van der Waals surface area contributed by atoms with Gasteiger partial charge in [-0.05, 0) is 49.6 Å². The molecule has 0 radical (unpaired) electrons. The first-order chi connectivity index (χ1) is 16.3. The van der Waals surface area contributed by atoms with Crippen molar-refractivity contribution in [3.05, 3.63) is 52.4 Å². The highest BCUT2D eigenvalue weighted by Crippen LogP contribution is 2.46. The number of hydrogen-bond donors (Lipinski definition) is 1. The van der Waals surface area contributed by atoms with Crippen molar-refractivity contribution in [2.75, 3.05) is 31.8 Å². The average molecular weight is 488 g/mol. The van der Waals surface area contributed by atoms with Crippen LogP contribution in [0.4, 0.5) is 0 Å². The van der Waals surface area contributed by atoms with Gasteiger partial charge in [-0.15, -0.1) is 0 Å². The average Bonchev–Trinajstić information content (AvgIpc) is 2.81. The van der Waals surface area contributed by atoms with E-state index in [1.54, 1.807) is 11.8 Å². The van der Waals surface area contributed by atoms with E-state index in [0.717, 1.165) is 17.0 Å². The molecule has 1 N–H and O–H groups in total. The van der Waals surface area contributed by atoms with Crippen molar-refractivity contribution in [3.8, 4) is 5.75 Å². The number of ether oxygens (including phenoxy) is 3. The monoisotopic (exact) mass is 487 g/mol. The number of ketones is 1. The zero-order valence-corrected chi connectivity index (χ0v) is 21.3. The Morgan fingerprint density at radius 2 is 2.00 bits per heavy atom. The van der Waals surface area contributed by atoms with Crippen LogP contribution in [-0.4, -0.2) is 49.6 Å². The third kappa shape index (κ3) is 5.32. The molecule has 0 fully saturated rings. The molecule has 1 heterocycles. The Bertz CT molecular complexity index is 1010. The largest absolute Gasteiger partial charge is 0.494 e. The Morgan fingerprint density at radius 3 is 2.68 bits per heavy atom. The molecule has 3 rings (SSSR count). The van der Waals surface area contributed by atoms with E-state index in [0.29, 0.717) is 41.4 Å². The normalized spacial score (nSPS) is 22.1. The van der Waals surface area contributed by atoms with Gasteiger partial charge in [0.1, 0.15) is 18.3 Å². The Hall–Kier alpha value is -2.74. The molecule has 0 saturated heterocycles. The fraction of sp³-hybridized carbons (Fsp3) is 0.500. The van der Waals surface area contributed by atoms with Crippen LogP contribution in [0.5, 0.6) is 5.75 Å². The van der Waals surface area contributed by atoms with Gasteiger partial charge in [0, 0.05) is 28.6 Å². The van der Waals surface area contributed by atoms with Gasteiger partial charge < -0.3 is 19.5 Å². The van der Waals surface area contributed by atoms with Crippen molar-refractivity contribution < 1.29 is 28.6 Å². The lowest BCUT2D eigenvalue weighted by Crippen LogP contribution is -2.43. The maximum Gasteiger partial charge on any atom is 0.336 e. The van der Waals surface area contributed by atoms with E-state index in [1.165, 1.54) is 7.11 Å². The number of methoxy groups -OCH3 is 1. The van der Waals surface area contributed by atoms with Gasteiger partial charge in [-0.2, -0.15) is 11.8 Å². The summed E-state index contributed by atoms with van der Waals surface area (Å²) in [5.74, 6) is -0.888. The lowest BCUT2D eigenvalue weighted by Gasteiger charge is -2.38. The molecule has 8 heteroatoms. The van der Waals surface area contributed by atoms with Gasteiger partial charge in [0.15, 0.2) is 5.78 Å². The van der Waals surface area contributed by atoms with Crippen molar-refractivity contribution >= 4 is 29.5 Å². The van der Waals surface area contributed by atoms with Crippen molar-refractivity contribution in [1.82, 2.24) is 5.32 Å². The zero-order valence-electron chi connectivity index (χ0n) is 20.4. The smallest absolute Gasteiger partial charge is 0.336 e. The Labute approximate surface area is 205 Å². The molecular formula is C26H33NO6S. The molecule has 1 aliphatic heterocycles. The van der Waals surface area contributed by atoms with E-state index in [-0.39, 0.29) is 18.3 Å². The molecule has 0 saturated carbocycles. The lowest BCUT2D eigenvalue weighted by molar-refractivity contribution is -0.151. The highest BCUT2D eigenvalue weighted by molar-refractivity contribution is 7.99. The fourth-order valence-corrected chi connectivity index (χ4v) is 5.14. The summed E-state index contributed by atoms with van der Waals surface area (Å²) >= 11 is 1.69. The fourth-order valence-electron chi connectivity index (χ4n) is 4.65. The second-order valence-corrected chi connectivity index (χ2v) is 9.77. The van der Waals surface area contributed by atoms with Gasteiger partial charge in [0.2, 0.25) is 0 Å². The Morgan fingerprint density at radius 1 is 1.24 bits per heavy atom. The molecule has 184 valence electrons. The van der Waals surface area contributed by atoms with Gasteiger partial charge in [0.25, 0.3) is 0 Å². The summed E-state index contributed by atoms with van der Waals surface area (Å²) in [4.78, 5) is 39.5. The minimum Gasteiger partial charge on any atom is -0.494 e. The summed E-state index contributed by atoms with van der Waals surface area (Å²) < 4.78 is 16.2. The predicted octanol–water partition coefficient (Wildman–Crippen LogP) is 3.99. The number of dihydropyridines is 1. The Kier molecular flexibility index (Phi) is 8.83. The zero-order chi connectivity index (χ0) is 24.8. The molecule has 0 unspecified atom stereocenters. The first-order valence-electron chi connectivity index (χ1n) is 11.6. The molecule has 3 atom stereocenters. The van der Waals surface area contributed by atoms with Crippen LogP contribution in [-0.2, 0) is 23.9 Å². The summed E-state index contributed by atoms with van der Waals surface area (Å²) in [5, 5.41) is 3.28. The third-order valence-corrected chi connectivity index (χ3v) is 6.99. The number of hydrogen-bond acceptors (Lipinski definition) is 8. The minimum absolute atomic E-state index is 0.228. The van der Waals surface area contributed by atoms with E-state index < -0.39 is 23.8 Å². The third-order valence-electron chi connectivity index (χ3n) is 6.13. The van der Waals surface area contributed by atoms with Crippen LogP contribution >= 0.6 is 11.8 Å². The maximum atomic E-state index is 13.7. The number of carbonyl (C=O) groups excluding carboxylic acids is 3. The van der Waals surface area contributed by atoms with Crippen molar-refractivity contribution in [1.29, 1.82) is 0 Å². The van der Waals surface area contributed by atoms with E-state index in [1.807, 2.05) is 52.0 Å². The van der Waals surface area contributed by atoms with Crippen molar-refractivity contribution in [2.45, 2.75) is 40.0 Å². The van der Waals surface area contributed by atoms with Gasteiger partial charge >= 0.3 is 11.9 Å². The van der Waals surface area contributed by atoms with Gasteiger partial charge in [0.05, 0.1) is 19.3 Å². The molecule has 34 heavy (non-hydrogen) atoms. The van der Waals surface area contributed by atoms with Crippen LogP contribution in [0.25, 0.3) is 0 Å². The second kappa shape index (κ2) is 11.6. The highest BCUT2D eigenvalue weighted by Gasteiger charge is 2.47. The lowest BCUT2D eigenvalue weighted by atomic mass is 9.69. The second-order valence-electron chi connectivity index (χ2n) is 8.37. The van der Waals surface area contributed by atoms with Crippen LogP contribution in [0, 0.1) is 11.8 Å². The molecule has 0 spiro atoms. The van der Waals surface area contributed by atoms with E-state index >= 15 is 0 Å². The van der Waals surface area contributed by atoms with E-state index in [4.69, 9.17) is 14.2 Å². The van der Waals surface area contributed by atoms with Crippen molar-refractivity contribution in [2.24, 2.45) is 11.8 Å². The van der Waals surface area contributed by atoms with Crippen LogP contribution in [0.1, 0.15) is 45.6 Å². The number of rotatable bonds is 9. The molecule has 1 aromatic rings. The SMILES string of the molecule is CCOc1cccc([C@@H]2C(C(=O)OCCSCC)=C(C)NC3=C2C(=O)[C@@H](C(=O)OC)[C@H](C)C3)c1.